The van der Waals surface area contributed by atoms with E-state index in [0.717, 1.165) is 35.5 Å². The smallest absolute Gasteiger partial charge is 0.197 e. The molecule has 1 unspecified atom stereocenters. The van der Waals surface area contributed by atoms with Crippen LogP contribution >= 0.6 is 0 Å². The molecule has 1 N–H and O–H groups in total. The minimum absolute atomic E-state index is 0.335. The topological polar surface area (TPSA) is 67.6 Å². The van der Waals surface area contributed by atoms with Crippen LogP contribution in [-0.4, -0.2) is 19.9 Å². The molecule has 0 aliphatic carbocycles. The molecule has 0 aromatic carbocycles. The highest BCUT2D eigenvalue weighted by atomic mass is 16.4. The van der Waals surface area contributed by atoms with Gasteiger partial charge in [-0.1, -0.05) is 20.3 Å². The summed E-state index contributed by atoms with van der Waals surface area (Å²) in [5.41, 5.74) is 1.60. The second-order valence-electron chi connectivity index (χ2n) is 4.71. The quantitative estimate of drug-likeness (QED) is 0.775. The van der Waals surface area contributed by atoms with Gasteiger partial charge in [0.15, 0.2) is 11.7 Å². The molecule has 5 nitrogen and oxygen atoms in total. The second-order valence-corrected chi connectivity index (χ2v) is 4.71. The van der Waals surface area contributed by atoms with Gasteiger partial charge in [-0.15, -0.1) is 0 Å². The molecule has 3 aromatic heterocycles. The van der Waals surface area contributed by atoms with Gasteiger partial charge in [0.2, 0.25) is 0 Å². The first-order valence-electron chi connectivity index (χ1n) is 6.53. The van der Waals surface area contributed by atoms with Gasteiger partial charge >= 0.3 is 0 Å². The molecule has 0 radical (unpaired) electrons. The van der Waals surface area contributed by atoms with E-state index in [1.807, 2.05) is 12.3 Å². The lowest BCUT2D eigenvalue weighted by molar-refractivity contribution is 0.451. The maximum atomic E-state index is 5.85. The maximum absolute atomic E-state index is 5.85. The van der Waals surface area contributed by atoms with E-state index in [-0.39, 0.29) is 0 Å². The van der Waals surface area contributed by atoms with Crippen LogP contribution in [0.4, 0.5) is 0 Å². The van der Waals surface area contributed by atoms with E-state index in [0.29, 0.717) is 11.7 Å². The Morgan fingerprint density at radius 2 is 2.21 bits per heavy atom. The molecule has 19 heavy (non-hydrogen) atoms. The van der Waals surface area contributed by atoms with Gasteiger partial charge in [-0.05, 0) is 12.5 Å². The first kappa shape index (κ1) is 11.9. The van der Waals surface area contributed by atoms with Crippen molar-refractivity contribution in [3.05, 3.63) is 30.7 Å². The van der Waals surface area contributed by atoms with Crippen LogP contribution in [0.25, 0.3) is 22.5 Å². The fourth-order valence-electron chi connectivity index (χ4n) is 2.25. The van der Waals surface area contributed by atoms with Gasteiger partial charge < -0.3 is 9.40 Å². The molecular weight excluding hydrogens is 240 g/mol. The summed E-state index contributed by atoms with van der Waals surface area (Å²) in [7, 11) is 0. The average Bonchev–Trinajstić information content (AvgIpc) is 3.07. The molecule has 0 saturated heterocycles. The van der Waals surface area contributed by atoms with Crippen molar-refractivity contribution in [2.24, 2.45) is 0 Å². The molecule has 3 heterocycles. The summed E-state index contributed by atoms with van der Waals surface area (Å²) < 4.78 is 5.85. The minimum atomic E-state index is 0.335. The van der Waals surface area contributed by atoms with E-state index >= 15 is 0 Å². The van der Waals surface area contributed by atoms with Gasteiger partial charge in [-0.25, -0.2) is 15.0 Å². The predicted octanol–water partition coefficient (Wildman–Crippen LogP) is 3.52. The van der Waals surface area contributed by atoms with Crippen LogP contribution in [0.15, 0.2) is 29.2 Å². The van der Waals surface area contributed by atoms with Crippen LogP contribution in [0, 0.1) is 0 Å². The maximum Gasteiger partial charge on any atom is 0.197 e. The largest absolute Gasteiger partial charge is 0.439 e. The van der Waals surface area contributed by atoms with Crippen molar-refractivity contribution in [1.29, 1.82) is 0 Å². The minimum Gasteiger partial charge on any atom is -0.439 e. The highest BCUT2D eigenvalue weighted by molar-refractivity contribution is 5.88. The van der Waals surface area contributed by atoms with E-state index in [4.69, 9.17) is 4.42 Å². The summed E-state index contributed by atoms with van der Waals surface area (Å²) >= 11 is 0. The number of oxazole rings is 1. The summed E-state index contributed by atoms with van der Waals surface area (Å²) in [6.45, 7) is 4.29. The number of fused-ring (bicyclic) bond motifs is 1. The third kappa shape index (κ3) is 2.12. The Kier molecular flexibility index (Phi) is 3.03. The molecule has 5 heteroatoms. The van der Waals surface area contributed by atoms with Gasteiger partial charge in [0.1, 0.15) is 17.7 Å². The fraction of sp³-hybridized carbons (Fsp3) is 0.357. The molecule has 3 aromatic rings. The summed E-state index contributed by atoms with van der Waals surface area (Å²) in [4.78, 5) is 15.9. The molecule has 0 amide bonds. The number of aromatic nitrogens is 4. The summed E-state index contributed by atoms with van der Waals surface area (Å²) in [5.74, 6) is 1.81. The normalized spacial score (nSPS) is 12.9. The molecule has 0 aliphatic heterocycles. The monoisotopic (exact) mass is 256 g/mol. The lowest BCUT2D eigenvalue weighted by atomic mass is 10.1. The standard InChI is InChI=1S/C14H16N4O/c1-3-4-9(2)14-16-7-11(19-14)12-10-5-6-15-13(10)18-8-17-12/h5-9H,3-4H2,1-2H3,(H,15,17,18). The van der Waals surface area contributed by atoms with Crippen molar-refractivity contribution in [3.63, 3.8) is 0 Å². The van der Waals surface area contributed by atoms with E-state index in [1.54, 1.807) is 6.20 Å². The average molecular weight is 256 g/mol. The SMILES string of the molecule is CCCC(C)c1ncc(-c2ncnc3[nH]ccc23)o1. The third-order valence-electron chi connectivity index (χ3n) is 3.25. The van der Waals surface area contributed by atoms with Crippen LogP contribution in [0.5, 0.6) is 0 Å². The van der Waals surface area contributed by atoms with Crippen LogP contribution in [0.3, 0.4) is 0 Å². The zero-order chi connectivity index (χ0) is 13.2. The number of H-pyrrole nitrogens is 1. The molecule has 1 atom stereocenters. The van der Waals surface area contributed by atoms with E-state index in [9.17, 15) is 0 Å². The number of rotatable bonds is 4. The Labute approximate surface area is 111 Å². The second kappa shape index (κ2) is 4.84. The van der Waals surface area contributed by atoms with Crippen molar-refractivity contribution in [2.45, 2.75) is 32.6 Å². The van der Waals surface area contributed by atoms with Crippen LogP contribution in [0.2, 0.25) is 0 Å². The molecule has 0 spiro atoms. The van der Waals surface area contributed by atoms with Crippen molar-refractivity contribution in [1.82, 2.24) is 19.9 Å². The molecular formula is C14H16N4O. The lowest BCUT2D eigenvalue weighted by Gasteiger charge is -2.03. The lowest BCUT2D eigenvalue weighted by Crippen LogP contribution is -1.92. The van der Waals surface area contributed by atoms with Crippen LogP contribution in [-0.2, 0) is 0 Å². The van der Waals surface area contributed by atoms with E-state index < -0.39 is 0 Å². The zero-order valence-corrected chi connectivity index (χ0v) is 11.1. The van der Waals surface area contributed by atoms with Crippen molar-refractivity contribution >= 4 is 11.0 Å². The summed E-state index contributed by atoms with van der Waals surface area (Å²) in [6, 6.07) is 1.95. The Bertz CT molecular complexity index is 685. The highest BCUT2D eigenvalue weighted by Crippen LogP contribution is 2.28. The van der Waals surface area contributed by atoms with Crippen molar-refractivity contribution in [2.75, 3.05) is 0 Å². The number of nitrogens with one attached hydrogen (secondary N) is 1. The van der Waals surface area contributed by atoms with Gasteiger partial charge in [-0.2, -0.15) is 0 Å². The van der Waals surface area contributed by atoms with Gasteiger partial charge in [0, 0.05) is 17.5 Å². The third-order valence-corrected chi connectivity index (χ3v) is 3.25. The summed E-state index contributed by atoms with van der Waals surface area (Å²) in [5, 5.41) is 0.952. The van der Waals surface area contributed by atoms with Crippen molar-refractivity contribution < 1.29 is 4.42 Å². The zero-order valence-electron chi connectivity index (χ0n) is 11.1. The highest BCUT2D eigenvalue weighted by Gasteiger charge is 2.15. The molecule has 0 bridgehead atoms. The van der Waals surface area contributed by atoms with E-state index in [2.05, 4.69) is 33.8 Å². The fourth-order valence-corrected chi connectivity index (χ4v) is 2.25. The van der Waals surface area contributed by atoms with Gasteiger partial charge in [0.05, 0.1) is 6.20 Å². The molecule has 0 aliphatic rings. The Balaban J connectivity index is 2.00. The number of hydrogen-bond acceptors (Lipinski definition) is 4. The Morgan fingerprint density at radius 3 is 3.05 bits per heavy atom. The number of nitrogens with zero attached hydrogens (tertiary/aromatic N) is 3. The Hall–Kier alpha value is -2.17. The Morgan fingerprint density at radius 1 is 1.32 bits per heavy atom. The van der Waals surface area contributed by atoms with Crippen LogP contribution < -0.4 is 0 Å². The van der Waals surface area contributed by atoms with Crippen LogP contribution in [0.1, 0.15) is 38.5 Å². The molecule has 98 valence electrons. The first-order chi connectivity index (χ1) is 9.29. The molecule has 0 saturated carbocycles. The molecule has 3 rings (SSSR count). The number of aromatic amines is 1. The van der Waals surface area contributed by atoms with Gasteiger partial charge in [-0.3, -0.25) is 0 Å². The molecule has 0 fully saturated rings. The summed E-state index contributed by atoms with van der Waals surface area (Å²) in [6.07, 6.45) is 7.32. The van der Waals surface area contributed by atoms with Crippen molar-refractivity contribution in [3.8, 4) is 11.5 Å². The van der Waals surface area contributed by atoms with E-state index in [1.165, 1.54) is 6.33 Å². The number of hydrogen-bond donors (Lipinski definition) is 1. The predicted molar refractivity (Wildman–Crippen MR) is 72.7 cm³/mol. The first-order valence-corrected chi connectivity index (χ1v) is 6.53. The van der Waals surface area contributed by atoms with Gasteiger partial charge in [0.25, 0.3) is 0 Å².